The second-order valence-electron chi connectivity index (χ2n) is 7.76. The van der Waals surface area contributed by atoms with Crippen molar-refractivity contribution in [3.05, 3.63) is 29.8 Å². The van der Waals surface area contributed by atoms with Crippen LogP contribution in [0.15, 0.2) is 24.3 Å². The average Bonchev–Trinajstić information content (AvgIpc) is 2.58. The van der Waals surface area contributed by atoms with Gasteiger partial charge in [0.1, 0.15) is 5.75 Å². The van der Waals surface area contributed by atoms with Crippen molar-refractivity contribution in [1.82, 2.24) is 0 Å². The fourth-order valence-corrected chi connectivity index (χ4v) is 2.71. The van der Waals surface area contributed by atoms with Crippen LogP contribution in [-0.4, -0.2) is 23.9 Å². The summed E-state index contributed by atoms with van der Waals surface area (Å²) in [5.41, 5.74) is 6.92. The van der Waals surface area contributed by atoms with E-state index in [1.807, 2.05) is 19.1 Å². The van der Waals surface area contributed by atoms with Gasteiger partial charge in [-0.15, -0.1) is 0 Å². The van der Waals surface area contributed by atoms with Gasteiger partial charge < -0.3 is 15.6 Å². The number of aryl methyl sites for hydroxylation is 1. The molecule has 2 atom stereocenters. The van der Waals surface area contributed by atoms with E-state index in [2.05, 4.69) is 32.9 Å². The van der Waals surface area contributed by atoms with Crippen LogP contribution in [-0.2, 0) is 6.42 Å². The van der Waals surface area contributed by atoms with Crippen LogP contribution in [0.3, 0.4) is 0 Å². The molecule has 0 amide bonds. The number of benzene rings is 1. The highest BCUT2D eigenvalue weighted by Crippen LogP contribution is 2.19. The zero-order valence-corrected chi connectivity index (χ0v) is 16.1. The van der Waals surface area contributed by atoms with Crippen LogP contribution >= 0.6 is 0 Å². The molecule has 0 spiro atoms. The fraction of sp³-hybridized carbons (Fsp3) is 0.714. The average molecular weight is 336 g/mol. The maximum absolute atomic E-state index is 9.38. The summed E-state index contributed by atoms with van der Waals surface area (Å²) < 4.78 is 5.90. The van der Waals surface area contributed by atoms with E-state index in [4.69, 9.17) is 10.5 Å². The van der Waals surface area contributed by atoms with Crippen molar-refractivity contribution in [1.29, 1.82) is 0 Å². The van der Waals surface area contributed by atoms with Gasteiger partial charge >= 0.3 is 0 Å². The van der Waals surface area contributed by atoms with E-state index in [9.17, 15) is 5.11 Å². The lowest BCUT2D eigenvalue weighted by atomic mass is 9.90. The molecule has 3 N–H and O–H groups in total. The van der Waals surface area contributed by atoms with Crippen LogP contribution < -0.4 is 10.5 Å². The Balaban J connectivity index is 2.34. The lowest BCUT2D eigenvalue weighted by molar-refractivity contribution is 0.183. The zero-order chi connectivity index (χ0) is 18.0. The van der Waals surface area contributed by atoms with E-state index in [1.165, 1.54) is 24.8 Å². The summed E-state index contributed by atoms with van der Waals surface area (Å²) in [5.74, 6) is 2.32. The zero-order valence-electron chi connectivity index (χ0n) is 16.1. The highest BCUT2D eigenvalue weighted by atomic mass is 16.5. The Morgan fingerprint density at radius 1 is 1.12 bits per heavy atom. The number of rotatable bonds is 12. The third kappa shape index (κ3) is 8.16. The molecule has 0 saturated carbocycles. The van der Waals surface area contributed by atoms with Crippen molar-refractivity contribution in [2.45, 2.75) is 71.8 Å². The molecule has 1 rings (SSSR count). The Morgan fingerprint density at radius 3 is 2.33 bits per heavy atom. The van der Waals surface area contributed by atoms with E-state index in [0.29, 0.717) is 5.92 Å². The molecule has 1 aromatic rings. The Labute approximate surface area is 148 Å². The maximum Gasteiger partial charge on any atom is 0.119 e. The van der Waals surface area contributed by atoms with Gasteiger partial charge in [0.15, 0.2) is 0 Å². The molecule has 24 heavy (non-hydrogen) atoms. The summed E-state index contributed by atoms with van der Waals surface area (Å²) in [6.07, 6.45) is 6.29. The number of hydrogen-bond donors (Lipinski definition) is 2. The number of hydrogen-bond acceptors (Lipinski definition) is 3. The number of ether oxygens (including phenoxy) is 1. The molecule has 1 aromatic carbocycles. The van der Waals surface area contributed by atoms with Crippen molar-refractivity contribution in [2.75, 3.05) is 13.2 Å². The Morgan fingerprint density at radius 2 is 1.79 bits per heavy atom. The van der Waals surface area contributed by atoms with Gasteiger partial charge in [-0.1, -0.05) is 52.7 Å². The van der Waals surface area contributed by atoms with E-state index >= 15 is 0 Å². The van der Waals surface area contributed by atoms with Crippen LogP contribution in [0.4, 0.5) is 0 Å². The molecule has 0 aliphatic carbocycles. The van der Waals surface area contributed by atoms with Gasteiger partial charge in [-0.2, -0.15) is 0 Å². The second-order valence-corrected chi connectivity index (χ2v) is 7.76. The minimum absolute atomic E-state index is 0.0411. The van der Waals surface area contributed by atoms with Gasteiger partial charge in [0.2, 0.25) is 0 Å². The minimum atomic E-state index is -0.458. The van der Waals surface area contributed by atoms with Crippen LogP contribution in [0.2, 0.25) is 0 Å². The van der Waals surface area contributed by atoms with Crippen molar-refractivity contribution in [3.8, 4) is 5.75 Å². The van der Waals surface area contributed by atoms with Gasteiger partial charge in [0, 0.05) is 5.54 Å². The lowest BCUT2D eigenvalue weighted by Gasteiger charge is -2.25. The van der Waals surface area contributed by atoms with Crippen molar-refractivity contribution in [2.24, 2.45) is 17.6 Å². The molecule has 0 saturated heterocycles. The van der Waals surface area contributed by atoms with Crippen molar-refractivity contribution < 1.29 is 9.84 Å². The topological polar surface area (TPSA) is 55.5 Å². The molecule has 138 valence electrons. The third-order valence-electron chi connectivity index (χ3n) is 4.87. The Kier molecular flexibility index (Phi) is 9.38. The fourth-order valence-electron chi connectivity index (χ4n) is 2.71. The van der Waals surface area contributed by atoms with Gasteiger partial charge in [-0.05, 0) is 55.2 Å². The third-order valence-corrected chi connectivity index (χ3v) is 4.87. The highest BCUT2D eigenvalue weighted by molar-refractivity contribution is 5.27. The quantitative estimate of drug-likeness (QED) is 0.589. The van der Waals surface area contributed by atoms with E-state index < -0.39 is 5.54 Å². The Bertz CT molecular complexity index is 438. The molecule has 0 aromatic heterocycles. The van der Waals surface area contributed by atoms with Gasteiger partial charge in [0.05, 0.1) is 13.2 Å². The van der Waals surface area contributed by atoms with Crippen molar-refractivity contribution >= 4 is 0 Å². The molecule has 0 aliphatic rings. The van der Waals surface area contributed by atoms with Crippen LogP contribution in [0.5, 0.6) is 5.75 Å². The molecule has 3 nitrogen and oxygen atoms in total. The van der Waals surface area contributed by atoms with E-state index in [0.717, 1.165) is 37.5 Å². The molecule has 2 unspecified atom stereocenters. The summed E-state index contributed by atoms with van der Waals surface area (Å²) in [5, 5.41) is 9.38. The SMILES string of the molecule is CCC(N)(CO)CCc1ccc(OCC(C)CCCC(C)C)cc1. The van der Waals surface area contributed by atoms with Gasteiger partial charge in [-0.3, -0.25) is 0 Å². The normalized spacial score (nSPS) is 15.3. The summed E-state index contributed by atoms with van der Waals surface area (Å²) in [4.78, 5) is 0. The predicted molar refractivity (Wildman–Crippen MR) is 102 cm³/mol. The lowest BCUT2D eigenvalue weighted by Crippen LogP contribution is -2.43. The number of aliphatic hydroxyl groups excluding tert-OH is 1. The van der Waals surface area contributed by atoms with Crippen LogP contribution in [0.1, 0.15) is 65.4 Å². The Hall–Kier alpha value is -1.06. The highest BCUT2D eigenvalue weighted by Gasteiger charge is 2.20. The molecule has 3 heteroatoms. The molecule has 0 fully saturated rings. The van der Waals surface area contributed by atoms with Crippen LogP contribution in [0, 0.1) is 11.8 Å². The first kappa shape index (κ1) is 21.0. The predicted octanol–water partition coefficient (Wildman–Crippen LogP) is 4.56. The molecule has 0 bridgehead atoms. The van der Waals surface area contributed by atoms with Crippen molar-refractivity contribution in [3.63, 3.8) is 0 Å². The summed E-state index contributed by atoms with van der Waals surface area (Å²) >= 11 is 0. The monoisotopic (exact) mass is 335 g/mol. The van der Waals surface area contributed by atoms with Gasteiger partial charge in [-0.25, -0.2) is 0 Å². The first-order valence-corrected chi connectivity index (χ1v) is 9.50. The first-order valence-electron chi connectivity index (χ1n) is 9.50. The molecule has 0 heterocycles. The van der Waals surface area contributed by atoms with E-state index in [-0.39, 0.29) is 6.61 Å². The minimum Gasteiger partial charge on any atom is -0.493 e. The van der Waals surface area contributed by atoms with Crippen LogP contribution in [0.25, 0.3) is 0 Å². The summed E-state index contributed by atoms with van der Waals surface area (Å²) in [6, 6.07) is 8.29. The first-order chi connectivity index (χ1) is 11.4. The van der Waals surface area contributed by atoms with E-state index in [1.54, 1.807) is 0 Å². The number of aliphatic hydroxyl groups is 1. The van der Waals surface area contributed by atoms with Gasteiger partial charge in [0.25, 0.3) is 0 Å². The molecular formula is C21H37NO2. The molecular weight excluding hydrogens is 298 g/mol. The summed E-state index contributed by atoms with van der Waals surface area (Å²) in [6.45, 7) is 9.66. The smallest absolute Gasteiger partial charge is 0.119 e. The second kappa shape index (κ2) is 10.7. The number of nitrogens with two attached hydrogens (primary N) is 1. The standard InChI is InChI=1S/C21H37NO2/c1-5-21(22,16-23)14-13-19-9-11-20(12-10-19)24-15-18(4)8-6-7-17(2)3/h9-12,17-18,23H,5-8,13-16,22H2,1-4H3. The largest absolute Gasteiger partial charge is 0.493 e. The maximum atomic E-state index is 9.38. The summed E-state index contributed by atoms with van der Waals surface area (Å²) in [7, 11) is 0. The molecule has 0 radical (unpaired) electrons. The molecule has 0 aliphatic heterocycles.